The van der Waals surface area contributed by atoms with Crippen molar-refractivity contribution in [1.29, 1.82) is 0 Å². The molecule has 2 bridgehead atoms. The summed E-state index contributed by atoms with van der Waals surface area (Å²) in [6.45, 7) is 10.1. The predicted molar refractivity (Wildman–Crippen MR) is 98.4 cm³/mol. The molecule has 0 heterocycles. The Kier molecular flexibility index (Phi) is 3.88. The zero-order valence-corrected chi connectivity index (χ0v) is 16.3. The Morgan fingerprint density at radius 2 is 1.85 bits per heavy atom. The highest BCUT2D eigenvalue weighted by atomic mass is 16.5. The second-order valence-electron chi connectivity index (χ2n) is 10.0. The van der Waals surface area contributed by atoms with Gasteiger partial charge in [0.2, 0.25) is 0 Å². The third-order valence-electron chi connectivity index (χ3n) is 8.95. The van der Waals surface area contributed by atoms with Crippen LogP contribution in [0.5, 0.6) is 0 Å². The van der Waals surface area contributed by atoms with Gasteiger partial charge in [-0.25, -0.2) is 0 Å². The van der Waals surface area contributed by atoms with Gasteiger partial charge in [-0.2, -0.15) is 0 Å². The third kappa shape index (κ3) is 2.13. The average Bonchev–Trinajstić information content (AvgIpc) is 2.75. The summed E-state index contributed by atoms with van der Waals surface area (Å²) in [4.78, 5) is 24.0. The van der Waals surface area contributed by atoms with Crippen LogP contribution in [0.1, 0.15) is 72.1 Å². The molecular formula is C22H32O4. The normalized spacial score (nSPS) is 49.9. The van der Waals surface area contributed by atoms with Gasteiger partial charge in [0, 0.05) is 12.3 Å². The van der Waals surface area contributed by atoms with Gasteiger partial charge in [-0.1, -0.05) is 19.9 Å². The minimum atomic E-state index is -0.634. The Hall–Kier alpha value is -1.32. The summed E-state index contributed by atoms with van der Waals surface area (Å²) in [6.07, 6.45) is 7.86. The van der Waals surface area contributed by atoms with E-state index >= 15 is 0 Å². The quantitative estimate of drug-likeness (QED) is 0.578. The molecule has 0 aromatic rings. The van der Waals surface area contributed by atoms with Crippen molar-refractivity contribution in [2.45, 2.75) is 78.2 Å². The van der Waals surface area contributed by atoms with Gasteiger partial charge >= 0.3 is 11.9 Å². The summed E-state index contributed by atoms with van der Waals surface area (Å²) in [6, 6.07) is 0. The summed E-state index contributed by atoms with van der Waals surface area (Å²) in [5.41, 5.74) is 0.477. The molecule has 0 amide bonds. The molecule has 0 aliphatic heterocycles. The first-order valence-corrected chi connectivity index (χ1v) is 10.2. The molecule has 4 aliphatic rings. The highest BCUT2D eigenvalue weighted by Gasteiger charge is 2.68. The van der Waals surface area contributed by atoms with E-state index in [4.69, 9.17) is 4.74 Å². The highest BCUT2D eigenvalue weighted by Crippen LogP contribution is 2.72. The molecule has 4 saturated carbocycles. The van der Waals surface area contributed by atoms with Crippen LogP contribution in [0, 0.1) is 34.0 Å². The van der Waals surface area contributed by atoms with Gasteiger partial charge in [0.1, 0.15) is 6.10 Å². The van der Waals surface area contributed by atoms with E-state index in [0.717, 1.165) is 56.9 Å². The lowest BCUT2D eigenvalue weighted by Gasteiger charge is -2.63. The maximum absolute atomic E-state index is 12.2. The molecule has 0 radical (unpaired) electrons. The molecule has 4 rings (SSSR count). The van der Waals surface area contributed by atoms with Gasteiger partial charge < -0.3 is 9.84 Å². The fraction of sp³-hybridized carbons (Fsp3) is 0.818. The maximum Gasteiger partial charge on any atom is 0.309 e. The molecule has 7 atom stereocenters. The fourth-order valence-electron chi connectivity index (χ4n) is 7.95. The first kappa shape index (κ1) is 18.1. The highest BCUT2D eigenvalue weighted by molar-refractivity contribution is 5.75. The fourth-order valence-corrected chi connectivity index (χ4v) is 7.95. The third-order valence-corrected chi connectivity index (χ3v) is 8.95. The number of hydrogen-bond acceptors (Lipinski definition) is 3. The smallest absolute Gasteiger partial charge is 0.309 e. The van der Waals surface area contributed by atoms with Crippen LogP contribution < -0.4 is 0 Å². The molecule has 0 aromatic carbocycles. The summed E-state index contributed by atoms with van der Waals surface area (Å²) >= 11 is 0. The lowest BCUT2D eigenvalue weighted by atomic mass is 9.40. The van der Waals surface area contributed by atoms with Gasteiger partial charge in [-0.3, -0.25) is 9.59 Å². The van der Waals surface area contributed by atoms with Crippen molar-refractivity contribution in [1.82, 2.24) is 0 Å². The molecular weight excluding hydrogens is 328 g/mol. The lowest BCUT2D eigenvalue weighted by molar-refractivity contribution is -0.195. The molecule has 4 nitrogen and oxygen atoms in total. The van der Waals surface area contributed by atoms with Crippen LogP contribution >= 0.6 is 0 Å². The van der Waals surface area contributed by atoms with Crippen LogP contribution in [0.2, 0.25) is 0 Å². The van der Waals surface area contributed by atoms with Crippen molar-refractivity contribution < 1.29 is 19.4 Å². The molecule has 1 N–H and O–H groups in total. The molecule has 4 heteroatoms. The Morgan fingerprint density at radius 1 is 1.12 bits per heavy atom. The van der Waals surface area contributed by atoms with Crippen LogP contribution in [-0.4, -0.2) is 23.1 Å². The molecule has 1 spiro atoms. The SMILES string of the molecule is C=C1[C@@H]2CCC3[C@]4(C)CCC[C@@](C)(C(=O)O)C4CC[C@]3(C2)[C@H]1OC(C)=O. The van der Waals surface area contributed by atoms with Crippen molar-refractivity contribution >= 4 is 11.9 Å². The van der Waals surface area contributed by atoms with E-state index in [-0.39, 0.29) is 28.8 Å². The summed E-state index contributed by atoms with van der Waals surface area (Å²) in [5.74, 6) is 0.242. The van der Waals surface area contributed by atoms with E-state index in [1.54, 1.807) is 0 Å². The molecule has 2 unspecified atom stereocenters. The van der Waals surface area contributed by atoms with Crippen molar-refractivity contribution in [3.8, 4) is 0 Å². The first-order valence-electron chi connectivity index (χ1n) is 10.2. The van der Waals surface area contributed by atoms with Crippen molar-refractivity contribution in [2.24, 2.45) is 34.0 Å². The number of carbonyl (C=O) groups excluding carboxylic acids is 1. The number of carboxylic acids is 1. The number of ether oxygens (including phenoxy) is 1. The predicted octanol–water partition coefficient (Wildman–Crippen LogP) is 4.58. The van der Waals surface area contributed by atoms with Gasteiger partial charge in [0.25, 0.3) is 0 Å². The molecule has 0 aromatic heterocycles. The monoisotopic (exact) mass is 360 g/mol. The summed E-state index contributed by atoms with van der Waals surface area (Å²) in [7, 11) is 0. The van der Waals surface area contributed by atoms with E-state index < -0.39 is 11.4 Å². The van der Waals surface area contributed by atoms with Crippen LogP contribution in [0.25, 0.3) is 0 Å². The maximum atomic E-state index is 12.2. The Morgan fingerprint density at radius 3 is 2.50 bits per heavy atom. The molecule has 144 valence electrons. The molecule has 4 fully saturated rings. The van der Waals surface area contributed by atoms with Crippen LogP contribution in [0.4, 0.5) is 0 Å². The van der Waals surface area contributed by atoms with Gasteiger partial charge in [0.15, 0.2) is 0 Å². The molecule has 0 saturated heterocycles. The summed E-state index contributed by atoms with van der Waals surface area (Å²) in [5, 5.41) is 10.0. The largest absolute Gasteiger partial charge is 0.481 e. The Labute approximate surface area is 156 Å². The van der Waals surface area contributed by atoms with Crippen LogP contribution in [0.15, 0.2) is 12.2 Å². The first-order chi connectivity index (χ1) is 12.1. The lowest BCUT2D eigenvalue weighted by Crippen LogP contribution is -2.60. The Balaban J connectivity index is 1.77. The van der Waals surface area contributed by atoms with E-state index in [2.05, 4.69) is 13.5 Å². The van der Waals surface area contributed by atoms with Gasteiger partial charge in [-0.15, -0.1) is 0 Å². The van der Waals surface area contributed by atoms with Crippen molar-refractivity contribution in [2.75, 3.05) is 0 Å². The second kappa shape index (κ2) is 5.59. The van der Waals surface area contributed by atoms with Crippen molar-refractivity contribution in [3.05, 3.63) is 12.2 Å². The average molecular weight is 360 g/mol. The Bertz CT molecular complexity index is 669. The minimum Gasteiger partial charge on any atom is -0.481 e. The molecule has 4 aliphatic carbocycles. The van der Waals surface area contributed by atoms with Crippen LogP contribution in [0.3, 0.4) is 0 Å². The zero-order chi connectivity index (χ0) is 18.9. The van der Waals surface area contributed by atoms with Crippen molar-refractivity contribution in [3.63, 3.8) is 0 Å². The number of hydrogen-bond donors (Lipinski definition) is 1. The van der Waals surface area contributed by atoms with E-state index in [9.17, 15) is 14.7 Å². The van der Waals surface area contributed by atoms with Gasteiger partial charge in [0.05, 0.1) is 5.41 Å². The number of rotatable bonds is 2. The number of aliphatic carboxylic acids is 1. The topological polar surface area (TPSA) is 63.6 Å². The number of fused-ring (bicyclic) bond motifs is 3. The van der Waals surface area contributed by atoms with E-state index in [0.29, 0.717) is 11.8 Å². The van der Waals surface area contributed by atoms with Gasteiger partial charge in [-0.05, 0) is 80.6 Å². The zero-order valence-electron chi connectivity index (χ0n) is 16.3. The molecule has 26 heavy (non-hydrogen) atoms. The summed E-state index contributed by atoms with van der Waals surface area (Å²) < 4.78 is 5.87. The number of carbonyl (C=O) groups is 2. The number of carboxylic acid groups (broad SMARTS) is 1. The second-order valence-corrected chi connectivity index (χ2v) is 10.0. The number of esters is 1. The minimum absolute atomic E-state index is 0.0115. The standard InChI is InChI=1S/C22H32O4/c1-13-15-6-7-17-20(3)9-5-10-21(4,19(24)25)16(20)8-11-22(17,12-15)18(13)26-14(2)23/h15-18H,1,5-12H2,2-4H3,(H,24,25)/t15-,16?,17?,18+,20-,21-,22-/m1/s1. The van der Waals surface area contributed by atoms with Crippen LogP contribution in [-0.2, 0) is 14.3 Å². The van der Waals surface area contributed by atoms with E-state index in [1.165, 1.54) is 6.92 Å². The van der Waals surface area contributed by atoms with E-state index in [1.807, 2.05) is 6.92 Å².